The van der Waals surface area contributed by atoms with Crippen LogP contribution in [-0.4, -0.2) is 36.7 Å². The van der Waals surface area contributed by atoms with Crippen molar-refractivity contribution in [3.63, 3.8) is 0 Å². The van der Waals surface area contributed by atoms with Crippen molar-refractivity contribution in [3.8, 4) is 5.75 Å². The number of thioether (sulfide) groups is 1. The normalized spacial score (nSPS) is 11.5. The third kappa shape index (κ3) is 5.00. The molecule has 1 aromatic heterocycles. The fourth-order valence-corrected chi connectivity index (χ4v) is 3.55. The third-order valence-electron chi connectivity index (χ3n) is 3.55. The summed E-state index contributed by atoms with van der Waals surface area (Å²) in [5.74, 6) is 0.666. The summed E-state index contributed by atoms with van der Waals surface area (Å²) in [5.41, 5.74) is 2.11. The van der Waals surface area contributed by atoms with Gasteiger partial charge in [0.25, 0.3) is 0 Å². The molecule has 1 amide bonds. The third-order valence-corrected chi connectivity index (χ3v) is 5.35. The van der Waals surface area contributed by atoms with E-state index in [9.17, 15) is 13.2 Å². The molecule has 0 fully saturated rings. The lowest BCUT2D eigenvalue weighted by Gasteiger charge is -2.05. The van der Waals surface area contributed by atoms with Gasteiger partial charge in [-0.25, -0.2) is 18.5 Å². The van der Waals surface area contributed by atoms with Gasteiger partial charge in [0.2, 0.25) is 15.9 Å². The van der Waals surface area contributed by atoms with E-state index in [0.29, 0.717) is 17.5 Å². The molecule has 0 saturated heterocycles. The number of imidazole rings is 1. The first kappa shape index (κ1) is 19.2. The Morgan fingerprint density at radius 1 is 1.26 bits per heavy atom. The van der Waals surface area contributed by atoms with E-state index in [1.807, 2.05) is 25.1 Å². The number of benzene rings is 2. The number of sulfonamides is 1. The molecular weight excluding hydrogens is 388 g/mol. The molecule has 0 aliphatic carbocycles. The number of ether oxygens (including phenoxy) is 1. The van der Waals surface area contributed by atoms with Gasteiger partial charge in [0.15, 0.2) is 5.16 Å². The standard InChI is InChI=1S/C17H18N4O4S2/c1-2-25-12-5-8-14-15(9-12)21-17(20-14)26-10-16(22)19-11-3-6-13(7-4-11)27(18,23)24/h3-9H,2,10H2,1H3,(H,19,22)(H,20,21)(H2,18,23,24). The van der Waals surface area contributed by atoms with E-state index < -0.39 is 10.0 Å². The Labute approximate surface area is 160 Å². The van der Waals surface area contributed by atoms with Crippen molar-refractivity contribution < 1.29 is 17.9 Å². The van der Waals surface area contributed by atoms with Crippen LogP contribution in [0.25, 0.3) is 11.0 Å². The molecule has 0 unspecified atom stereocenters. The Balaban J connectivity index is 1.59. The monoisotopic (exact) mass is 406 g/mol. The van der Waals surface area contributed by atoms with Crippen LogP contribution in [0.2, 0.25) is 0 Å². The van der Waals surface area contributed by atoms with Gasteiger partial charge in [0, 0.05) is 11.8 Å². The molecule has 0 saturated carbocycles. The largest absolute Gasteiger partial charge is 0.494 e. The van der Waals surface area contributed by atoms with Gasteiger partial charge < -0.3 is 15.0 Å². The number of nitrogens with zero attached hydrogens (tertiary/aromatic N) is 1. The lowest BCUT2D eigenvalue weighted by Crippen LogP contribution is -2.15. The van der Waals surface area contributed by atoms with E-state index in [1.165, 1.54) is 36.0 Å². The van der Waals surface area contributed by atoms with E-state index >= 15 is 0 Å². The van der Waals surface area contributed by atoms with Crippen molar-refractivity contribution in [3.05, 3.63) is 42.5 Å². The Kier molecular flexibility index (Phi) is 5.68. The van der Waals surface area contributed by atoms with Crippen LogP contribution < -0.4 is 15.2 Å². The Hall–Kier alpha value is -2.56. The number of primary sulfonamides is 1. The van der Waals surface area contributed by atoms with E-state index in [4.69, 9.17) is 9.88 Å². The van der Waals surface area contributed by atoms with Gasteiger partial charge in [0.1, 0.15) is 5.75 Å². The number of nitrogens with two attached hydrogens (primary N) is 1. The SMILES string of the molecule is CCOc1ccc2nc(SCC(=O)Nc3ccc(S(N)(=O)=O)cc3)[nH]c2c1. The summed E-state index contributed by atoms with van der Waals surface area (Å²) in [6.07, 6.45) is 0. The van der Waals surface area contributed by atoms with Crippen molar-refractivity contribution in [2.75, 3.05) is 17.7 Å². The van der Waals surface area contributed by atoms with Crippen molar-refractivity contribution in [2.24, 2.45) is 5.14 Å². The van der Waals surface area contributed by atoms with Crippen molar-refractivity contribution in [1.82, 2.24) is 9.97 Å². The number of anilines is 1. The number of hydrogen-bond donors (Lipinski definition) is 3. The molecule has 3 aromatic rings. The quantitative estimate of drug-likeness (QED) is 0.517. The molecule has 4 N–H and O–H groups in total. The highest BCUT2D eigenvalue weighted by Gasteiger charge is 2.10. The molecule has 10 heteroatoms. The highest BCUT2D eigenvalue weighted by atomic mass is 32.2. The van der Waals surface area contributed by atoms with Crippen LogP contribution >= 0.6 is 11.8 Å². The number of amides is 1. The number of rotatable bonds is 7. The van der Waals surface area contributed by atoms with Gasteiger partial charge in [-0.2, -0.15) is 0 Å². The predicted octanol–water partition coefficient (Wildman–Crippen LogP) is 2.34. The molecule has 0 atom stereocenters. The fourth-order valence-electron chi connectivity index (χ4n) is 2.35. The smallest absolute Gasteiger partial charge is 0.238 e. The molecule has 3 rings (SSSR count). The van der Waals surface area contributed by atoms with Crippen LogP contribution in [0.15, 0.2) is 52.5 Å². The first-order chi connectivity index (χ1) is 12.8. The summed E-state index contributed by atoms with van der Waals surface area (Å²) in [5, 5.41) is 8.36. The first-order valence-electron chi connectivity index (χ1n) is 8.03. The number of fused-ring (bicyclic) bond motifs is 1. The average Bonchev–Trinajstić information content (AvgIpc) is 3.02. The number of nitrogens with one attached hydrogen (secondary N) is 2. The Bertz CT molecular complexity index is 1060. The maximum absolute atomic E-state index is 12.1. The molecular formula is C17H18N4O4S2. The van der Waals surface area contributed by atoms with Crippen molar-refractivity contribution >= 4 is 44.4 Å². The minimum atomic E-state index is -3.75. The van der Waals surface area contributed by atoms with Gasteiger partial charge in [-0.3, -0.25) is 4.79 Å². The zero-order valence-electron chi connectivity index (χ0n) is 14.4. The number of aromatic nitrogens is 2. The Morgan fingerprint density at radius 3 is 2.67 bits per heavy atom. The van der Waals surface area contributed by atoms with Gasteiger partial charge in [-0.15, -0.1) is 0 Å². The van der Waals surface area contributed by atoms with Crippen LogP contribution in [0.4, 0.5) is 5.69 Å². The highest BCUT2D eigenvalue weighted by molar-refractivity contribution is 7.99. The number of H-pyrrole nitrogens is 1. The summed E-state index contributed by atoms with van der Waals surface area (Å²) in [6.45, 7) is 2.50. The summed E-state index contributed by atoms with van der Waals surface area (Å²) < 4.78 is 27.9. The van der Waals surface area contributed by atoms with Crippen LogP contribution in [0, 0.1) is 0 Å². The van der Waals surface area contributed by atoms with Crippen molar-refractivity contribution in [1.29, 1.82) is 0 Å². The number of carbonyl (C=O) groups excluding carboxylic acids is 1. The maximum Gasteiger partial charge on any atom is 0.238 e. The molecule has 0 bridgehead atoms. The van der Waals surface area contributed by atoms with Gasteiger partial charge in [-0.1, -0.05) is 11.8 Å². The zero-order valence-corrected chi connectivity index (χ0v) is 16.1. The lowest BCUT2D eigenvalue weighted by molar-refractivity contribution is -0.113. The highest BCUT2D eigenvalue weighted by Crippen LogP contribution is 2.23. The summed E-state index contributed by atoms with van der Waals surface area (Å²) in [4.78, 5) is 19.6. The Morgan fingerprint density at radius 2 is 2.00 bits per heavy atom. The summed E-state index contributed by atoms with van der Waals surface area (Å²) in [6, 6.07) is 11.2. The van der Waals surface area contributed by atoms with E-state index in [-0.39, 0.29) is 16.6 Å². The van der Waals surface area contributed by atoms with Crippen LogP contribution in [0.3, 0.4) is 0 Å². The molecule has 27 heavy (non-hydrogen) atoms. The predicted molar refractivity (Wildman–Crippen MR) is 104 cm³/mol. The second-order valence-corrected chi connectivity index (χ2v) is 8.09. The fraction of sp³-hybridized carbons (Fsp3) is 0.176. The second-order valence-electron chi connectivity index (χ2n) is 5.56. The van der Waals surface area contributed by atoms with Crippen LogP contribution in [0.1, 0.15) is 6.92 Å². The minimum Gasteiger partial charge on any atom is -0.494 e. The van der Waals surface area contributed by atoms with Crippen molar-refractivity contribution in [2.45, 2.75) is 17.0 Å². The lowest BCUT2D eigenvalue weighted by atomic mass is 10.3. The van der Waals surface area contributed by atoms with Crippen LogP contribution in [0.5, 0.6) is 5.75 Å². The van der Waals surface area contributed by atoms with Gasteiger partial charge in [0.05, 0.1) is 28.3 Å². The van der Waals surface area contributed by atoms with E-state index in [0.717, 1.165) is 16.8 Å². The van der Waals surface area contributed by atoms with Gasteiger partial charge >= 0.3 is 0 Å². The summed E-state index contributed by atoms with van der Waals surface area (Å²) >= 11 is 1.26. The summed E-state index contributed by atoms with van der Waals surface area (Å²) in [7, 11) is -3.75. The van der Waals surface area contributed by atoms with E-state index in [1.54, 1.807) is 0 Å². The molecule has 0 aliphatic rings. The number of hydrogen-bond acceptors (Lipinski definition) is 6. The zero-order chi connectivity index (χ0) is 19.4. The molecule has 2 aromatic carbocycles. The maximum atomic E-state index is 12.1. The molecule has 0 radical (unpaired) electrons. The van der Waals surface area contributed by atoms with Crippen LogP contribution in [-0.2, 0) is 14.8 Å². The minimum absolute atomic E-state index is 0.0106. The van der Waals surface area contributed by atoms with E-state index in [2.05, 4.69) is 15.3 Å². The molecule has 0 aliphatic heterocycles. The second kappa shape index (κ2) is 7.99. The molecule has 1 heterocycles. The first-order valence-corrected chi connectivity index (χ1v) is 10.6. The number of carbonyl (C=O) groups is 1. The number of aromatic amines is 1. The van der Waals surface area contributed by atoms with Gasteiger partial charge in [-0.05, 0) is 43.3 Å². The molecule has 142 valence electrons. The average molecular weight is 406 g/mol. The molecule has 8 nitrogen and oxygen atoms in total. The molecule has 0 spiro atoms. The topological polar surface area (TPSA) is 127 Å².